The van der Waals surface area contributed by atoms with Crippen LogP contribution in [0, 0.1) is 11.3 Å². The van der Waals surface area contributed by atoms with Crippen molar-refractivity contribution in [3.63, 3.8) is 0 Å². The number of ether oxygens (including phenoxy) is 2. The molecule has 0 aliphatic heterocycles. The van der Waals surface area contributed by atoms with Crippen molar-refractivity contribution in [1.29, 1.82) is 0 Å². The van der Waals surface area contributed by atoms with E-state index >= 15 is 0 Å². The molecule has 2 aromatic carbocycles. The molecule has 26 heavy (non-hydrogen) atoms. The summed E-state index contributed by atoms with van der Waals surface area (Å²) in [6.07, 6.45) is 4.88. The van der Waals surface area contributed by atoms with Gasteiger partial charge in [-0.05, 0) is 66.0 Å². The molecule has 140 valence electrons. The van der Waals surface area contributed by atoms with Crippen molar-refractivity contribution in [2.75, 3.05) is 14.2 Å². The molecule has 2 unspecified atom stereocenters. The third-order valence-corrected chi connectivity index (χ3v) is 6.41. The summed E-state index contributed by atoms with van der Waals surface area (Å²) in [6.45, 7) is 7.21. The van der Waals surface area contributed by atoms with E-state index in [9.17, 15) is 0 Å². The fraction of sp³-hybridized carbons (Fsp3) is 0.500. The highest BCUT2D eigenvalue weighted by molar-refractivity contribution is 5.44. The Kier molecular flexibility index (Phi) is 5.32. The number of benzene rings is 2. The maximum atomic E-state index is 5.39. The van der Waals surface area contributed by atoms with Gasteiger partial charge in [0.2, 0.25) is 0 Å². The molecule has 2 nitrogen and oxygen atoms in total. The molecule has 2 atom stereocenters. The summed E-state index contributed by atoms with van der Waals surface area (Å²) in [7, 11) is 3.45. The van der Waals surface area contributed by atoms with Crippen molar-refractivity contribution in [1.82, 2.24) is 0 Å². The summed E-state index contributed by atoms with van der Waals surface area (Å²) in [4.78, 5) is 0. The van der Waals surface area contributed by atoms with Gasteiger partial charge in [0.15, 0.2) is 0 Å². The first-order chi connectivity index (χ1) is 12.4. The topological polar surface area (TPSA) is 18.5 Å². The lowest BCUT2D eigenvalue weighted by Gasteiger charge is -2.50. The number of rotatable bonds is 5. The van der Waals surface area contributed by atoms with Crippen LogP contribution in [0.4, 0.5) is 0 Å². The zero-order chi connectivity index (χ0) is 18.8. The first kappa shape index (κ1) is 18.8. The second-order valence-corrected chi connectivity index (χ2v) is 8.39. The summed E-state index contributed by atoms with van der Waals surface area (Å²) in [5.41, 5.74) is 3.20. The van der Waals surface area contributed by atoms with Gasteiger partial charge in [-0.1, -0.05) is 51.5 Å². The molecule has 3 rings (SSSR count). The quantitative estimate of drug-likeness (QED) is 0.635. The second-order valence-electron chi connectivity index (χ2n) is 8.39. The Morgan fingerprint density at radius 3 is 1.69 bits per heavy atom. The summed E-state index contributed by atoms with van der Waals surface area (Å²) in [5, 5.41) is 0. The van der Waals surface area contributed by atoms with Crippen LogP contribution in [0.25, 0.3) is 0 Å². The van der Waals surface area contributed by atoms with Crippen molar-refractivity contribution >= 4 is 0 Å². The molecule has 0 spiro atoms. The summed E-state index contributed by atoms with van der Waals surface area (Å²) >= 11 is 0. The monoisotopic (exact) mass is 352 g/mol. The fourth-order valence-corrected chi connectivity index (χ4v) is 5.08. The van der Waals surface area contributed by atoms with E-state index in [4.69, 9.17) is 9.47 Å². The van der Waals surface area contributed by atoms with Gasteiger partial charge < -0.3 is 9.47 Å². The molecule has 0 amide bonds. The van der Waals surface area contributed by atoms with Crippen LogP contribution in [-0.2, 0) is 5.41 Å². The molecule has 0 saturated heterocycles. The number of methoxy groups -OCH3 is 2. The highest BCUT2D eigenvalue weighted by Gasteiger charge is 2.46. The van der Waals surface area contributed by atoms with Gasteiger partial charge in [-0.25, -0.2) is 0 Å². The van der Waals surface area contributed by atoms with Crippen molar-refractivity contribution < 1.29 is 9.47 Å². The molecule has 2 aromatic rings. The minimum Gasteiger partial charge on any atom is -0.497 e. The highest BCUT2D eigenvalue weighted by atomic mass is 16.5. The van der Waals surface area contributed by atoms with E-state index in [2.05, 4.69) is 69.3 Å². The molecule has 0 aromatic heterocycles. The molecule has 0 N–H and O–H groups in total. The van der Waals surface area contributed by atoms with Gasteiger partial charge in [0.05, 0.1) is 14.2 Å². The molecular formula is C24H32O2. The lowest BCUT2D eigenvalue weighted by molar-refractivity contribution is 0.105. The SMILES string of the molecule is CCC1(C)CC(C)CC(c2ccc(OC)cc2)(c2ccc(OC)cc2)C1. The van der Waals surface area contributed by atoms with Gasteiger partial charge in [0.25, 0.3) is 0 Å². The van der Waals surface area contributed by atoms with E-state index in [1.54, 1.807) is 14.2 Å². The lowest BCUT2D eigenvalue weighted by Crippen LogP contribution is -2.42. The van der Waals surface area contributed by atoms with E-state index in [0.717, 1.165) is 11.5 Å². The Balaban J connectivity index is 2.13. The Hall–Kier alpha value is -1.96. The van der Waals surface area contributed by atoms with Crippen LogP contribution in [0.5, 0.6) is 11.5 Å². The van der Waals surface area contributed by atoms with Crippen molar-refractivity contribution in [3.8, 4) is 11.5 Å². The molecule has 0 bridgehead atoms. The molecule has 1 aliphatic rings. The van der Waals surface area contributed by atoms with Gasteiger partial charge in [-0.2, -0.15) is 0 Å². The number of hydrogen-bond acceptors (Lipinski definition) is 2. The largest absolute Gasteiger partial charge is 0.497 e. The van der Waals surface area contributed by atoms with Crippen LogP contribution < -0.4 is 9.47 Å². The van der Waals surface area contributed by atoms with Crippen LogP contribution in [-0.4, -0.2) is 14.2 Å². The lowest BCUT2D eigenvalue weighted by atomic mass is 9.54. The highest BCUT2D eigenvalue weighted by Crippen LogP contribution is 2.55. The Morgan fingerprint density at radius 2 is 1.31 bits per heavy atom. The van der Waals surface area contributed by atoms with Gasteiger partial charge >= 0.3 is 0 Å². The van der Waals surface area contributed by atoms with E-state index in [1.807, 2.05) is 0 Å². The van der Waals surface area contributed by atoms with Crippen LogP contribution in [0.1, 0.15) is 57.6 Å². The van der Waals surface area contributed by atoms with Crippen LogP contribution >= 0.6 is 0 Å². The Bertz CT molecular complexity index is 669. The Labute approximate surface area is 158 Å². The summed E-state index contributed by atoms with van der Waals surface area (Å²) in [6, 6.07) is 17.4. The summed E-state index contributed by atoms with van der Waals surface area (Å²) in [5.74, 6) is 2.53. The smallest absolute Gasteiger partial charge is 0.118 e. The van der Waals surface area contributed by atoms with Crippen LogP contribution in [0.15, 0.2) is 48.5 Å². The molecule has 2 heteroatoms. The molecular weight excluding hydrogens is 320 g/mol. The molecule has 1 aliphatic carbocycles. The third-order valence-electron chi connectivity index (χ3n) is 6.41. The van der Waals surface area contributed by atoms with E-state index < -0.39 is 0 Å². The number of hydrogen-bond donors (Lipinski definition) is 0. The zero-order valence-corrected chi connectivity index (χ0v) is 16.8. The van der Waals surface area contributed by atoms with Crippen LogP contribution in [0.2, 0.25) is 0 Å². The standard InChI is InChI=1S/C24H32O2/c1-6-23(3)15-18(2)16-24(17-23,19-7-11-21(25-4)12-8-19)20-9-13-22(26-5)14-10-20/h7-14,18H,6,15-17H2,1-5H3. The second kappa shape index (κ2) is 7.34. The van der Waals surface area contributed by atoms with E-state index in [-0.39, 0.29) is 5.41 Å². The van der Waals surface area contributed by atoms with E-state index in [1.165, 1.54) is 36.8 Å². The van der Waals surface area contributed by atoms with Crippen LogP contribution in [0.3, 0.4) is 0 Å². The third kappa shape index (κ3) is 3.47. The normalized spacial score (nSPS) is 24.9. The molecule has 1 fully saturated rings. The maximum absolute atomic E-state index is 5.39. The minimum absolute atomic E-state index is 0.0426. The van der Waals surface area contributed by atoms with Crippen molar-refractivity contribution in [2.24, 2.45) is 11.3 Å². The first-order valence-corrected chi connectivity index (χ1v) is 9.74. The maximum Gasteiger partial charge on any atom is 0.118 e. The molecule has 1 saturated carbocycles. The molecule has 0 heterocycles. The average molecular weight is 353 g/mol. The first-order valence-electron chi connectivity index (χ1n) is 9.74. The minimum atomic E-state index is 0.0426. The molecule has 0 radical (unpaired) electrons. The van der Waals surface area contributed by atoms with Gasteiger partial charge in [-0.3, -0.25) is 0 Å². The van der Waals surface area contributed by atoms with Gasteiger partial charge in [0, 0.05) is 5.41 Å². The van der Waals surface area contributed by atoms with Gasteiger partial charge in [0.1, 0.15) is 11.5 Å². The summed E-state index contributed by atoms with van der Waals surface area (Å²) < 4.78 is 10.8. The van der Waals surface area contributed by atoms with Gasteiger partial charge in [-0.15, -0.1) is 0 Å². The predicted octanol–water partition coefficient (Wildman–Crippen LogP) is 6.23. The Morgan fingerprint density at radius 1 is 0.846 bits per heavy atom. The van der Waals surface area contributed by atoms with Crippen molar-refractivity contribution in [2.45, 2.75) is 51.9 Å². The average Bonchev–Trinajstić information content (AvgIpc) is 2.67. The van der Waals surface area contributed by atoms with Crippen molar-refractivity contribution in [3.05, 3.63) is 59.7 Å². The zero-order valence-electron chi connectivity index (χ0n) is 16.8. The predicted molar refractivity (Wildman–Crippen MR) is 108 cm³/mol. The van der Waals surface area contributed by atoms with E-state index in [0.29, 0.717) is 11.3 Å². The fourth-order valence-electron chi connectivity index (χ4n) is 5.08.